The number of aliphatic hydroxyl groups is 1. The number of anilines is 7. The van der Waals surface area contributed by atoms with Crippen molar-refractivity contribution in [2.24, 2.45) is 0 Å². The molecule has 0 saturated carbocycles. The second-order valence-electron chi connectivity index (χ2n) is 16.4. The Morgan fingerprint density at radius 3 is 1.33 bits per heavy atom. The van der Waals surface area contributed by atoms with E-state index >= 15 is 0 Å². The van der Waals surface area contributed by atoms with Crippen molar-refractivity contribution in [3.05, 3.63) is 110 Å². The number of hydrogen-bond donors (Lipinski definition) is 5. The third-order valence-corrected chi connectivity index (χ3v) is 11.5. The molecule has 5 aromatic rings. The van der Waals surface area contributed by atoms with Crippen molar-refractivity contribution in [2.45, 2.75) is 0 Å². The third kappa shape index (κ3) is 5.61. The second-order valence-corrected chi connectivity index (χ2v) is 16.4. The summed E-state index contributed by atoms with van der Waals surface area (Å²) < 4.78 is 1.94. The zero-order chi connectivity index (χ0) is 44.0. The number of fused-ring (bicyclic) bond motifs is 4. The number of aliphatic hydroxyl groups excluding tert-OH is 1. The van der Waals surface area contributed by atoms with Crippen LogP contribution in [0.15, 0.2) is 71.1 Å². The molecule has 0 unspecified atom stereocenters. The zero-order valence-corrected chi connectivity index (χ0v) is 36.2. The average molecular weight is 804 g/mol. The Kier molecular flexibility index (Phi) is 9.76. The molecule has 0 saturated heterocycles. The van der Waals surface area contributed by atoms with Crippen molar-refractivity contribution >= 4 is 78.2 Å². The average Bonchev–Trinajstić information content (AvgIpc) is 3.17. The molecule has 306 valence electrons. The molecule has 2 aliphatic carbocycles. The van der Waals surface area contributed by atoms with Crippen LogP contribution in [0.1, 0.15) is 27.8 Å². The lowest BCUT2D eigenvalue weighted by Gasteiger charge is -2.37. The van der Waals surface area contributed by atoms with Gasteiger partial charge in [-0.1, -0.05) is 0 Å². The predicted octanol–water partition coefficient (Wildman–Crippen LogP) is 6.80. The summed E-state index contributed by atoms with van der Waals surface area (Å²) in [5.74, 6) is -0.494. The number of hydrogen-bond acceptors (Lipinski definition) is 11. The van der Waals surface area contributed by atoms with E-state index in [0.717, 1.165) is 39.2 Å². The van der Waals surface area contributed by atoms with Crippen LogP contribution in [0, 0.1) is 17.9 Å². The molecule has 7 N–H and O–H groups in total. The number of aromatic hydroxyl groups is 2. The molecule has 0 spiro atoms. The van der Waals surface area contributed by atoms with Crippen LogP contribution < -0.4 is 36.0 Å². The van der Waals surface area contributed by atoms with Gasteiger partial charge in [-0.2, -0.15) is 0 Å². The maximum Gasteiger partial charge on any atom is 0.270 e. The Hall–Kier alpha value is -7.51. The van der Waals surface area contributed by atoms with Crippen LogP contribution in [-0.2, 0) is 0 Å². The van der Waals surface area contributed by atoms with Gasteiger partial charge in [0.15, 0.2) is 0 Å². The molecule has 5 aromatic carbocycles. The lowest BCUT2D eigenvalue weighted by molar-refractivity contribution is -0.463. The Labute approximate surface area is 350 Å². The van der Waals surface area contributed by atoms with Crippen LogP contribution in [0.25, 0.3) is 37.5 Å². The standard InChI is InChI=1S/C47H50N10O3/c1-51-25(22-48)34-43(41-32-23(49)14-16-26(52(2)3)35(32)45(56(10)11)36-27(53(4)5)17-15-24(50)33(36)41)47(60)44(34)42-39-30(58)20-18-28(54(6)7)37(39)46(57(12)13)38-29(55(8)9)19-21-31(59)40(38)42/h14-21H,49-50H2,2-13H3,(H2-,58,59,60)/p+1/b34-25-. The second kappa shape index (κ2) is 14.4. The first-order valence-corrected chi connectivity index (χ1v) is 19.3. The van der Waals surface area contributed by atoms with E-state index in [9.17, 15) is 20.6 Å². The Balaban J connectivity index is 1.85. The molecule has 13 heteroatoms. The van der Waals surface area contributed by atoms with Gasteiger partial charge in [-0.15, -0.1) is 0 Å². The summed E-state index contributed by atoms with van der Waals surface area (Å²) in [5.41, 5.74) is 22.4. The number of phenols is 2. The quantitative estimate of drug-likeness (QED) is 0.0396. The van der Waals surface area contributed by atoms with Gasteiger partial charge in [-0.05, 0) is 48.5 Å². The lowest BCUT2D eigenvalue weighted by Crippen LogP contribution is -2.30. The van der Waals surface area contributed by atoms with Crippen molar-refractivity contribution in [1.29, 1.82) is 5.26 Å². The van der Waals surface area contributed by atoms with Gasteiger partial charge in [0.25, 0.3) is 5.70 Å². The van der Waals surface area contributed by atoms with E-state index in [-0.39, 0.29) is 45.2 Å². The SMILES string of the molecule is [C-]#[N+]/C(C#N)=C1\C(=C2c3c(O)ccc(N(C)C)c3C(=[N+](C)C)c3c(N(C)C)ccc(O)c32)C(O)=C1c1c2c(N)ccc(N(C)C)c2c(N(C)C)c2c(N(C)C)ccc(N)c12. The fourth-order valence-electron chi connectivity index (χ4n) is 9.05. The number of rotatable bonds is 6. The van der Waals surface area contributed by atoms with Gasteiger partial charge in [0.2, 0.25) is 5.71 Å². The van der Waals surface area contributed by atoms with Gasteiger partial charge in [-0.3, -0.25) is 0 Å². The van der Waals surface area contributed by atoms with E-state index in [1.807, 2.05) is 150 Å². The predicted molar refractivity (Wildman–Crippen MR) is 248 cm³/mol. The van der Waals surface area contributed by atoms with Crippen LogP contribution >= 0.6 is 0 Å². The summed E-state index contributed by atoms with van der Waals surface area (Å²) >= 11 is 0. The van der Waals surface area contributed by atoms with Crippen LogP contribution in [0.5, 0.6) is 11.5 Å². The molecular weight excluding hydrogens is 753 g/mol. The normalized spacial score (nSPS) is 14.0. The molecule has 0 amide bonds. The topological polar surface area (TPSA) is 160 Å². The van der Waals surface area contributed by atoms with Crippen LogP contribution in [-0.4, -0.2) is 110 Å². The van der Waals surface area contributed by atoms with Gasteiger partial charge in [0.05, 0.1) is 40.8 Å². The number of allylic oxidation sites excluding steroid dienone is 3. The van der Waals surface area contributed by atoms with Gasteiger partial charge >= 0.3 is 0 Å². The molecule has 0 fully saturated rings. The zero-order valence-electron chi connectivity index (χ0n) is 36.2. The number of phenolic OH excluding ortho intramolecular Hbond substituents is 2. The smallest absolute Gasteiger partial charge is 0.270 e. The van der Waals surface area contributed by atoms with E-state index in [1.165, 1.54) is 0 Å². The van der Waals surface area contributed by atoms with Crippen molar-refractivity contribution in [2.75, 3.05) is 121 Å². The first-order valence-electron chi connectivity index (χ1n) is 19.3. The van der Waals surface area contributed by atoms with Crippen molar-refractivity contribution < 1.29 is 19.9 Å². The fraction of sp³-hybridized carbons (Fsp3) is 0.255. The molecule has 0 aromatic heterocycles. The van der Waals surface area contributed by atoms with E-state index in [4.69, 9.17) is 18.0 Å². The third-order valence-electron chi connectivity index (χ3n) is 11.5. The molecule has 2 aliphatic rings. The monoisotopic (exact) mass is 803 g/mol. The Morgan fingerprint density at radius 1 is 0.567 bits per heavy atom. The molecular formula is C47H51N10O3+. The molecule has 0 atom stereocenters. The van der Waals surface area contributed by atoms with Crippen molar-refractivity contribution in [1.82, 2.24) is 0 Å². The van der Waals surface area contributed by atoms with E-state index in [1.54, 1.807) is 12.1 Å². The van der Waals surface area contributed by atoms with E-state index in [2.05, 4.69) is 10.9 Å². The fourth-order valence-corrected chi connectivity index (χ4v) is 9.05. The number of nitrogens with zero attached hydrogens (tertiary/aromatic N) is 8. The molecule has 60 heavy (non-hydrogen) atoms. The summed E-state index contributed by atoms with van der Waals surface area (Å²) in [4.78, 5) is 13.7. The van der Waals surface area contributed by atoms with Gasteiger partial charge in [0, 0.05) is 154 Å². The largest absolute Gasteiger partial charge is 0.507 e. The number of nitriles is 1. The first kappa shape index (κ1) is 40.7. The van der Waals surface area contributed by atoms with Gasteiger partial charge in [-0.25, -0.2) is 14.7 Å². The summed E-state index contributed by atoms with van der Waals surface area (Å²) in [6.07, 6.45) is 0. The minimum Gasteiger partial charge on any atom is -0.507 e. The Morgan fingerprint density at radius 2 is 0.983 bits per heavy atom. The highest BCUT2D eigenvalue weighted by Gasteiger charge is 2.46. The summed E-state index contributed by atoms with van der Waals surface area (Å²) in [5, 5.41) is 50.7. The van der Waals surface area contributed by atoms with Crippen LogP contribution in [0.4, 0.5) is 39.8 Å². The molecule has 0 bridgehead atoms. The highest BCUT2D eigenvalue weighted by molar-refractivity contribution is 6.32. The lowest BCUT2D eigenvalue weighted by atomic mass is 9.68. The molecule has 0 radical (unpaired) electrons. The van der Waals surface area contributed by atoms with Crippen molar-refractivity contribution in [3.8, 4) is 17.6 Å². The van der Waals surface area contributed by atoms with Crippen LogP contribution in [0.2, 0.25) is 0 Å². The highest BCUT2D eigenvalue weighted by atomic mass is 16.3. The van der Waals surface area contributed by atoms with E-state index < -0.39 is 0 Å². The Bertz CT molecular complexity index is 2790. The minimum absolute atomic E-state index is 0.120. The van der Waals surface area contributed by atoms with Crippen molar-refractivity contribution in [3.63, 3.8) is 0 Å². The number of nitrogen functional groups attached to an aromatic ring is 2. The van der Waals surface area contributed by atoms with E-state index in [0.29, 0.717) is 55.7 Å². The maximum atomic E-state index is 13.0. The highest BCUT2D eigenvalue weighted by Crippen LogP contribution is 2.61. The molecule has 13 nitrogen and oxygen atoms in total. The molecule has 7 rings (SSSR count). The first-order chi connectivity index (χ1) is 28.3. The van der Waals surface area contributed by atoms with Gasteiger partial charge in [0.1, 0.15) is 31.4 Å². The maximum absolute atomic E-state index is 13.0. The number of benzene rings is 5. The van der Waals surface area contributed by atoms with Gasteiger partial charge < -0.3 is 51.3 Å². The summed E-state index contributed by atoms with van der Waals surface area (Å²) in [6.45, 7) is 8.40. The summed E-state index contributed by atoms with van der Waals surface area (Å²) in [7, 11) is 23.1. The molecule has 0 aliphatic heterocycles. The minimum atomic E-state index is -0.301. The molecule has 0 heterocycles. The number of nitrogens with two attached hydrogens (primary N) is 2. The summed E-state index contributed by atoms with van der Waals surface area (Å²) in [6, 6.07) is 16.5. The van der Waals surface area contributed by atoms with Crippen LogP contribution in [0.3, 0.4) is 0 Å².